The number of amides is 1. The lowest BCUT2D eigenvalue weighted by molar-refractivity contribution is -0.207. The van der Waals surface area contributed by atoms with Crippen LogP contribution in [-0.4, -0.2) is 50.9 Å². The molecule has 10 nitrogen and oxygen atoms in total. The number of pyridine rings is 1. The standard InChI is InChI=1S/C32H28F4N6O4S/c1-21(4-6-22(2)30(43)38-18-24-8-12-26(13-9-24)47(3,45)46)5-7-23-10-15-29(37-17-23)32(35,36)31(44,19-42-20-39-40-41-42)27-14-11-25(33)16-28(27)34/h4,6,8-17,20,44H,18-19H2,1-3H3,(H,38,43)/b21-4+,22-6+. The van der Waals surface area contributed by atoms with E-state index in [-0.39, 0.29) is 22.9 Å². The fourth-order valence-electron chi connectivity index (χ4n) is 4.25. The van der Waals surface area contributed by atoms with Crippen molar-refractivity contribution in [3.05, 3.63) is 124 Å². The van der Waals surface area contributed by atoms with Gasteiger partial charge in [-0.1, -0.05) is 36.1 Å². The van der Waals surface area contributed by atoms with Gasteiger partial charge in [-0.05, 0) is 71.8 Å². The van der Waals surface area contributed by atoms with Crippen molar-refractivity contribution < 1.29 is 35.9 Å². The third-order valence-electron chi connectivity index (χ3n) is 6.91. The first kappa shape index (κ1) is 34.7. The summed E-state index contributed by atoms with van der Waals surface area (Å²) in [7, 11) is -3.32. The second-order valence-electron chi connectivity index (χ2n) is 10.5. The van der Waals surface area contributed by atoms with E-state index in [1.165, 1.54) is 18.2 Å². The summed E-state index contributed by atoms with van der Waals surface area (Å²) in [6.07, 6.45) is 6.26. The predicted octanol–water partition coefficient (Wildman–Crippen LogP) is 3.99. The van der Waals surface area contributed by atoms with E-state index < -0.39 is 50.8 Å². The highest BCUT2D eigenvalue weighted by molar-refractivity contribution is 7.90. The van der Waals surface area contributed by atoms with E-state index in [1.54, 1.807) is 38.1 Å². The zero-order chi connectivity index (χ0) is 34.4. The van der Waals surface area contributed by atoms with Crippen molar-refractivity contribution in [3.63, 3.8) is 0 Å². The minimum Gasteiger partial charge on any atom is -0.377 e. The van der Waals surface area contributed by atoms with Crippen LogP contribution >= 0.6 is 0 Å². The maximum Gasteiger partial charge on any atom is 0.323 e. The number of nitrogens with one attached hydrogen (secondary N) is 1. The van der Waals surface area contributed by atoms with Gasteiger partial charge < -0.3 is 10.4 Å². The van der Waals surface area contributed by atoms with Crippen LogP contribution in [0.1, 0.15) is 36.2 Å². The van der Waals surface area contributed by atoms with E-state index in [2.05, 4.69) is 37.7 Å². The zero-order valence-electron chi connectivity index (χ0n) is 25.2. The summed E-state index contributed by atoms with van der Waals surface area (Å²) in [5.74, 6) is -1.38. The highest BCUT2D eigenvalue weighted by atomic mass is 32.2. The number of benzene rings is 2. The maximum absolute atomic E-state index is 15.9. The number of allylic oxidation sites excluding steroid dienone is 3. The Morgan fingerprint density at radius 1 is 1.06 bits per heavy atom. The van der Waals surface area contributed by atoms with Gasteiger partial charge in [0.25, 0.3) is 0 Å². The first-order chi connectivity index (χ1) is 22.1. The van der Waals surface area contributed by atoms with Crippen molar-refractivity contribution >= 4 is 15.7 Å². The molecule has 0 aliphatic heterocycles. The van der Waals surface area contributed by atoms with Gasteiger partial charge in [-0.15, -0.1) is 5.10 Å². The van der Waals surface area contributed by atoms with Gasteiger partial charge in [-0.3, -0.25) is 9.78 Å². The summed E-state index contributed by atoms with van der Waals surface area (Å²) in [6, 6.07) is 10.2. The van der Waals surface area contributed by atoms with E-state index in [4.69, 9.17) is 0 Å². The molecule has 0 fully saturated rings. The van der Waals surface area contributed by atoms with Crippen LogP contribution in [0, 0.1) is 23.5 Å². The largest absolute Gasteiger partial charge is 0.377 e. The molecule has 2 aromatic heterocycles. The molecule has 244 valence electrons. The van der Waals surface area contributed by atoms with E-state index in [0.29, 0.717) is 22.8 Å². The smallest absolute Gasteiger partial charge is 0.323 e. The van der Waals surface area contributed by atoms with Gasteiger partial charge in [0.05, 0.1) is 11.4 Å². The molecule has 1 amide bonds. The second kappa shape index (κ2) is 14.1. The van der Waals surface area contributed by atoms with Gasteiger partial charge in [0.1, 0.15) is 23.7 Å². The van der Waals surface area contributed by atoms with Crippen molar-refractivity contribution in [1.82, 2.24) is 30.5 Å². The highest BCUT2D eigenvalue weighted by Crippen LogP contribution is 2.46. The zero-order valence-corrected chi connectivity index (χ0v) is 26.1. The number of carbonyl (C=O) groups excluding carboxylic acids is 1. The second-order valence-corrected chi connectivity index (χ2v) is 12.6. The number of aromatic nitrogens is 5. The molecule has 0 saturated carbocycles. The van der Waals surface area contributed by atoms with Crippen LogP contribution in [0.5, 0.6) is 0 Å². The molecule has 0 radical (unpaired) electrons. The van der Waals surface area contributed by atoms with Crippen LogP contribution < -0.4 is 5.32 Å². The summed E-state index contributed by atoms with van der Waals surface area (Å²) in [6.45, 7) is 2.48. The molecular formula is C32H28F4N6O4S. The van der Waals surface area contributed by atoms with Gasteiger partial charge in [0.15, 0.2) is 15.4 Å². The van der Waals surface area contributed by atoms with E-state index in [0.717, 1.165) is 41.7 Å². The molecule has 1 atom stereocenters. The van der Waals surface area contributed by atoms with E-state index in [9.17, 15) is 27.1 Å². The van der Waals surface area contributed by atoms with Crippen molar-refractivity contribution in [1.29, 1.82) is 0 Å². The Hall–Kier alpha value is -5.20. The first-order valence-corrected chi connectivity index (χ1v) is 15.7. The average molecular weight is 669 g/mol. The molecule has 47 heavy (non-hydrogen) atoms. The number of carbonyl (C=O) groups is 1. The number of tetrazole rings is 1. The maximum atomic E-state index is 15.9. The molecule has 0 aliphatic carbocycles. The number of rotatable bonds is 10. The molecule has 15 heteroatoms. The fourth-order valence-corrected chi connectivity index (χ4v) is 4.88. The van der Waals surface area contributed by atoms with Crippen LogP contribution in [0.3, 0.4) is 0 Å². The van der Waals surface area contributed by atoms with Crippen molar-refractivity contribution in [2.45, 2.75) is 43.4 Å². The number of halogens is 4. The van der Waals surface area contributed by atoms with Crippen LogP contribution in [0.4, 0.5) is 17.6 Å². The molecule has 0 saturated heterocycles. The van der Waals surface area contributed by atoms with Gasteiger partial charge in [-0.2, -0.15) is 8.78 Å². The van der Waals surface area contributed by atoms with Gasteiger partial charge in [0.2, 0.25) is 5.91 Å². The number of hydrogen-bond acceptors (Lipinski definition) is 8. The molecule has 0 aliphatic rings. The lowest BCUT2D eigenvalue weighted by Crippen LogP contribution is -2.48. The molecule has 4 rings (SSSR count). The molecule has 4 aromatic rings. The number of hydrogen-bond donors (Lipinski definition) is 2. The summed E-state index contributed by atoms with van der Waals surface area (Å²) in [4.78, 5) is 16.4. The quantitative estimate of drug-likeness (QED) is 0.112. The highest BCUT2D eigenvalue weighted by Gasteiger charge is 2.58. The first-order valence-electron chi connectivity index (χ1n) is 13.8. The SMILES string of the molecule is C/C(C#Cc1ccc(C(F)(F)C(O)(Cn2cnnn2)c2ccc(F)cc2F)nc1)=C\C=C(/C)C(=O)NCc1ccc(S(C)(=O)=O)cc1. The molecule has 2 heterocycles. The predicted molar refractivity (Wildman–Crippen MR) is 162 cm³/mol. The van der Waals surface area contributed by atoms with E-state index in [1.807, 2.05) is 0 Å². The number of sulfone groups is 1. The Kier molecular flexibility index (Phi) is 10.4. The monoisotopic (exact) mass is 668 g/mol. The van der Waals surface area contributed by atoms with Crippen molar-refractivity contribution in [2.24, 2.45) is 0 Å². The normalized spacial score (nSPS) is 13.8. The van der Waals surface area contributed by atoms with Crippen LogP contribution in [0.2, 0.25) is 0 Å². The molecule has 1 unspecified atom stereocenters. The molecule has 0 bridgehead atoms. The molecule has 0 spiro atoms. The topological polar surface area (TPSA) is 140 Å². The van der Waals surface area contributed by atoms with Crippen molar-refractivity contribution in [3.8, 4) is 11.8 Å². The van der Waals surface area contributed by atoms with E-state index >= 15 is 8.78 Å². The molecular weight excluding hydrogens is 640 g/mol. The third kappa shape index (κ3) is 8.34. The lowest BCUT2D eigenvalue weighted by atomic mass is 9.84. The van der Waals surface area contributed by atoms with Gasteiger partial charge in [-0.25, -0.2) is 21.9 Å². The van der Waals surface area contributed by atoms with Crippen LogP contribution in [0.25, 0.3) is 0 Å². The number of alkyl halides is 2. The summed E-state index contributed by atoms with van der Waals surface area (Å²) < 4.78 is 84.0. The Labute approximate surface area is 267 Å². The minimum absolute atomic E-state index is 0.179. The number of aliphatic hydroxyl groups is 1. The lowest BCUT2D eigenvalue weighted by Gasteiger charge is -2.35. The molecule has 2 N–H and O–H groups in total. The Morgan fingerprint density at radius 3 is 2.38 bits per heavy atom. The fraction of sp³-hybridized carbons (Fsp3) is 0.219. The van der Waals surface area contributed by atoms with Crippen molar-refractivity contribution in [2.75, 3.05) is 6.26 Å². The summed E-state index contributed by atoms with van der Waals surface area (Å²) in [5.41, 5.74) is -3.19. The third-order valence-corrected chi connectivity index (χ3v) is 8.04. The summed E-state index contributed by atoms with van der Waals surface area (Å²) in [5, 5.41) is 24.2. The Morgan fingerprint density at radius 2 is 1.79 bits per heavy atom. The average Bonchev–Trinajstić information content (AvgIpc) is 3.54. The summed E-state index contributed by atoms with van der Waals surface area (Å²) >= 11 is 0. The van der Waals surface area contributed by atoms with Gasteiger partial charge in [0, 0.05) is 41.8 Å². The number of nitrogens with zero attached hydrogens (tertiary/aromatic N) is 5. The Balaban J connectivity index is 1.46. The Bertz CT molecular complexity index is 1990. The van der Waals surface area contributed by atoms with Crippen LogP contribution in [0.15, 0.2) is 95.3 Å². The van der Waals surface area contributed by atoms with Gasteiger partial charge >= 0.3 is 5.92 Å². The molecule has 2 aromatic carbocycles. The van der Waals surface area contributed by atoms with Crippen LogP contribution in [-0.2, 0) is 39.2 Å². The minimum atomic E-state index is -4.21.